The zero-order valence-electron chi connectivity index (χ0n) is 15.3. The van der Waals surface area contributed by atoms with Crippen molar-refractivity contribution in [3.63, 3.8) is 0 Å². The number of aryl methyl sites for hydroxylation is 1. The molecule has 0 unspecified atom stereocenters. The third-order valence-corrected chi connectivity index (χ3v) is 5.79. The van der Waals surface area contributed by atoms with Gasteiger partial charge in [0.2, 0.25) is 0 Å². The summed E-state index contributed by atoms with van der Waals surface area (Å²) in [6.07, 6.45) is -0.683. The number of hydrogen-bond acceptors (Lipinski definition) is 6. The Kier molecular flexibility index (Phi) is 7.63. The van der Waals surface area contributed by atoms with E-state index >= 15 is 0 Å². The quantitative estimate of drug-likeness (QED) is 0.308. The van der Waals surface area contributed by atoms with Crippen molar-refractivity contribution in [2.24, 2.45) is 0 Å². The lowest BCUT2D eigenvalue weighted by atomic mass is 10.2. The van der Waals surface area contributed by atoms with Gasteiger partial charge in [-0.3, -0.25) is 4.18 Å². The first-order valence-electron chi connectivity index (χ1n) is 8.32. The van der Waals surface area contributed by atoms with E-state index in [9.17, 15) is 13.2 Å². The normalized spacial score (nSPS) is 12.4. The molecular weight excluding hydrogens is 483 g/mol. The molecule has 0 aliphatic rings. The van der Waals surface area contributed by atoms with Gasteiger partial charge in [0, 0.05) is 0 Å². The standard InChI is InChI=1S/C19H21IO6S/c1-4-24-19(21)15-7-10-18(17(20)11-15)25-12-14(3)26-27(22,23)16-8-5-13(2)6-9-16/h5-11,14H,4,12H2,1-3H3/t14-/m0/s1. The second kappa shape index (κ2) is 9.52. The molecule has 0 saturated carbocycles. The predicted octanol–water partition coefficient (Wildman–Crippen LogP) is 3.95. The van der Waals surface area contributed by atoms with Gasteiger partial charge in [0.1, 0.15) is 18.5 Å². The van der Waals surface area contributed by atoms with Crippen molar-refractivity contribution in [2.75, 3.05) is 13.2 Å². The summed E-state index contributed by atoms with van der Waals surface area (Å²) in [6, 6.07) is 11.3. The van der Waals surface area contributed by atoms with E-state index in [1.54, 1.807) is 44.2 Å². The lowest BCUT2D eigenvalue weighted by molar-refractivity contribution is 0.0526. The fourth-order valence-corrected chi connectivity index (χ4v) is 3.91. The Morgan fingerprint density at radius 1 is 1.15 bits per heavy atom. The minimum absolute atomic E-state index is 0.0415. The van der Waals surface area contributed by atoms with Crippen LogP contribution in [0.2, 0.25) is 0 Å². The van der Waals surface area contributed by atoms with Gasteiger partial charge in [-0.1, -0.05) is 17.7 Å². The van der Waals surface area contributed by atoms with Gasteiger partial charge in [-0.15, -0.1) is 0 Å². The van der Waals surface area contributed by atoms with Crippen LogP contribution >= 0.6 is 22.6 Å². The van der Waals surface area contributed by atoms with Crippen molar-refractivity contribution in [3.8, 4) is 5.75 Å². The molecule has 0 aliphatic carbocycles. The van der Waals surface area contributed by atoms with Crippen LogP contribution < -0.4 is 4.74 Å². The van der Waals surface area contributed by atoms with E-state index in [0.717, 1.165) is 5.56 Å². The molecule has 0 heterocycles. The van der Waals surface area contributed by atoms with Crippen LogP contribution in [0.4, 0.5) is 0 Å². The van der Waals surface area contributed by atoms with Crippen LogP contribution in [0.5, 0.6) is 5.75 Å². The molecule has 8 heteroatoms. The van der Waals surface area contributed by atoms with Crippen LogP contribution in [-0.2, 0) is 19.0 Å². The number of rotatable bonds is 8. The summed E-state index contributed by atoms with van der Waals surface area (Å²) in [5, 5.41) is 0. The molecule has 0 aromatic heterocycles. The maximum Gasteiger partial charge on any atom is 0.338 e. The summed E-state index contributed by atoms with van der Waals surface area (Å²) in [6.45, 7) is 5.58. The highest BCUT2D eigenvalue weighted by atomic mass is 127. The number of carbonyl (C=O) groups excluding carboxylic acids is 1. The minimum Gasteiger partial charge on any atom is -0.490 e. The first-order chi connectivity index (χ1) is 12.7. The van der Waals surface area contributed by atoms with Crippen LogP contribution in [-0.4, -0.2) is 33.7 Å². The fourth-order valence-electron chi connectivity index (χ4n) is 2.17. The van der Waals surface area contributed by atoms with Gasteiger partial charge in [0.05, 0.1) is 20.6 Å². The molecule has 6 nitrogen and oxygen atoms in total. The van der Waals surface area contributed by atoms with E-state index in [1.165, 1.54) is 12.1 Å². The van der Waals surface area contributed by atoms with Crippen molar-refractivity contribution in [1.82, 2.24) is 0 Å². The van der Waals surface area contributed by atoms with E-state index in [0.29, 0.717) is 21.5 Å². The van der Waals surface area contributed by atoms with E-state index < -0.39 is 22.2 Å². The molecule has 0 spiro atoms. The Balaban J connectivity index is 1.98. The van der Waals surface area contributed by atoms with Crippen LogP contribution in [0.15, 0.2) is 47.4 Å². The summed E-state index contributed by atoms with van der Waals surface area (Å²) in [7, 11) is -3.86. The first-order valence-corrected chi connectivity index (χ1v) is 10.8. The zero-order valence-corrected chi connectivity index (χ0v) is 18.2. The Morgan fingerprint density at radius 3 is 2.41 bits per heavy atom. The van der Waals surface area contributed by atoms with E-state index in [2.05, 4.69) is 0 Å². The van der Waals surface area contributed by atoms with Crippen molar-refractivity contribution >= 4 is 38.7 Å². The van der Waals surface area contributed by atoms with Gasteiger partial charge in [-0.05, 0) is 73.7 Å². The van der Waals surface area contributed by atoms with E-state index in [-0.39, 0.29) is 11.5 Å². The number of esters is 1. The maximum absolute atomic E-state index is 12.3. The van der Waals surface area contributed by atoms with Crippen LogP contribution in [0.1, 0.15) is 29.8 Å². The molecule has 0 fully saturated rings. The molecule has 146 valence electrons. The second-order valence-electron chi connectivity index (χ2n) is 5.85. The fraction of sp³-hybridized carbons (Fsp3) is 0.316. The third kappa shape index (κ3) is 6.18. The van der Waals surface area contributed by atoms with Crippen molar-refractivity contribution < 1.29 is 26.9 Å². The molecule has 0 radical (unpaired) electrons. The molecule has 2 aromatic rings. The van der Waals surface area contributed by atoms with Gasteiger partial charge in [0.15, 0.2) is 0 Å². The zero-order chi connectivity index (χ0) is 20.0. The summed E-state index contributed by atoms with van der Waals surface area (Å²) in [4.78, 5) is 11.8. The molecule has 27 heavy (non-hydrogen) atoms. The van der Waals surface area contributed by atoms with Crippen molar-refractivity contribution in [2.45, 2.75) is 31.8 Å². The smallest absolute Gasteiger partial charge is 0.338 e. The molecule has 0 saturated heterocycles. The predicted molar refractivity (Wildman–Crippen MR) is 110 cm³/mol. The second-order valence-corrected chi connectivity index (χ2v) is 8.58. The van der Waals surface area contributed by atoms with E-state index in [1.807, 2.05) is 29.5 Å². The third-order valence-electron chi connectivity index (χ3n) is 3.52. The minimum atomic E-state index is -3.86. The summed E-state index contributed by atoms with van der Waals surface area (Å²) in [5.41, 5.74) is 1.39. The maximum atomic E-state index is 12.3. The summed E-state index contributed by atoms with van der Waals surface area (Å²) in [5.74, 6) is 0.134. The summed E-state index contributed by atoms with van der Waals surface area (Å²) < 4.78 is 41.1. The number of carbonyl (C=O) groups is 1. The Hall–Kier alpha value is -1.65. The Bertz CT molecular complexity index is 893. The highest BCUT2D eigenvalue weighted by Gasteiger charge is 2.20. The van der Waals surface area contributed by atoms with Crippen LogP contribution in [0.3, 0.4) is 0 Å². The molecule has 0 amide bonds. The van der Waals surface area contributed by atoms with Crippen molar-refractivity contribution in [3.05, 3.63) is 57.2 Å². The first kappa shape index (κ1) is 21.6. The lowest BCUT2D eigenvalue weighted by Gasteiger charge is -2.15. The van der Waals surface area contributed by atoms with Crippen LogP contribution in [0.25, 0.3) is 0 Å². The molecule has 2 aromatic carbocycles. The average Bonchev–Trinajstić information content (AvgIpc) is 2.60. The highest BCUT2D eigenvalue weighted by molar-refractivity contribution is 14.1. The van der Waals surface area contributed by atoms with Crippen molar-refractivity contribution in [1.29, 1.82) is 0 Å². The number of ether oxygens (including phenoxy) is 2. The molecular formula is C19H21IO6S. The van der Waals surface area contributed by atoms with Gasteiger partial charge in [-0.2, -0.15) is 8.42 Å². The highest BCUT2D eigenvalue weighted by Crippen LogP contribution is 2.23. The monoisotopic (exact) mass is 504 g/mol. The Morgan fingerprint density at radius 2 is 1.81 bits per heavy atom. The van der Waals surface area contributed by atoms with Gasteiger partial charge < -0.3 is 9.47 Å². The lowest BCUT2D eigenvalue weighted by Crippen LogP contribution is -2.22. The molecule has 0 aliphatic heterocycles. The molecule has 0 N–H and O–H groups in total. The number of hydrogen-bond donors (Lipinski definition) is 0. The van der Waals surface area contributed by atoms with Crippen LogP contribution in [0, 0.1) is 10.5 Å². The summed E-state index contributed by atoms with van der Waals surface area (Å²) >= 11 is 2.04. The molecule has 1 atom stereocenters. The SMILES string of the molecule is CCOC(=O)c1ccc(OC[C@H](C)OS(=O)(=O)c2ccc(C)cc2)c(I)c1. The topological polar surface area (TPSA) is 78.9 Å². The average molecular weight is 504 g/mol. The Labute approximate surface area is 173 Å². The van der Waals surface area contributed by atoms with Gasteiger partial charge in [0.25, 0.3) is 10.1 Å². The van der Waals surface area contributed by atoms with E-state index in [4.69, 9.17) is 13.7 Å². The largest absolute Gasteiger partial charge is 0.490 e. The molecule has 0 bridgehead atoms. The van der Waals surface area contributed by atoms with Gasteiger partial charge >= 0.3 is 5.97 Å². The number of benzene rings is 2. The van der Waals surface area contributed by atoms with Gasteiger partial charge in [-0.25, -0.2) is 4.79 Å². The number of halogens is 1. The molecule has 2 rings (SSSR count).